The number of hydrogen-bond donors (Lipinski definition) is 0. The number of hydrogen-bond acceptors (Lipinski definition) is 6. The molecule has 0 spiro atoms. The minimum atomic E-state index is 0.594. The van der Waals surface area contributed by atoms with Crippen molar-refractivity contribution in [3.8, 4) is 22.8 Å². The van der Waals surface area contributed by atoms with Crippen LogP contribution in [0.5, 0.6) is 11.5 Å². The summed E-state index contributed by atoms with van der Waals surface area (Å²) in [6.07, 6.45) is 2.68. The Morgan fingerprint density at radius 2 is 1.75 bits per heavy atom. The van der Waals surface area contributed by atoms with Gasteiger partial charge in [0.2, 0.25) is 5.16 Å². The number of ether oxygens (including phenoxy) is 2. The van der Waals surface area contributed by atoms with Crippen molar-refractivity contribution in [2.45, 2.75) is 17.3 Å². The molecule has 0 atom stereocenters. The summed E-state index contributed by atoms with van der Waals surface area (Å²) >= 11 is 1.58. The average molecular weight is 441 g/mol. The highest BCUT2D eigenvalue weighted by Crippen LogP contribution is 2.32. The second-order valence-electron chi connectivity index (χ2n) is 7.62. The zero-order chi connectivity index (χ0) is 21.3. The van der Waals surface area contributed by atoms with Crippen molar-refractivity contribution < 1.29 is 9.47 Å². The number of nitrogens with zero attached hydrogens (tertiary/aromatic N) is 4. The van der Waals surface area contributed by atoms with E-state index < -0.39 is 0 Å². The molecular weight excluding hydrogens is 420 g/mol. The lowest BCUT2D eigenvalue weighted by Crippen LogP contribution is -1.97. The SMILES string of the molecule is c1ccc2cc(-c3ccnc4nc(SCc5ccc6c(c5)OCCCO6)nn34)ccc2c1. The van der Waals surface area contributed by atoms with Crippen molar-refractivity contribution in [3.05, 3.63) is 78.5 Å². The summed E-state index contributed by atoms with van der Waals surface area (Å²) in [6, 6.07) is 22.8. The van der Waals surface area contributed by atoms with Crippen molar-refractivity contribution in [1.82, 2.24) is 19.6 Å². The summed E-state index contributed by atoms with van der Waals surface area (Å²) in [5, 5.41) is 7.84. The van der Waals surface area contributed by atoms with Crippen LogP contribution in [0.15, 0.2) is 78.1 Å². The number of benzene rings is 3. The van der Waals surface area contributed by atoms with Gasteiger partial charge in [-0.25, -0.2) is 4.98 Å². The molecule has 7 heteroatoms. The summed E-state index contributed by atoms with van der Waals surface area (Å²) in [5.41, 5.74) is 3.19. The molecule has 5 aromatic rings. The Balaban J connectivity index is 1.28. The van der Waals surface area contributed by atoms with Crippen LogP contribution in [0.3, 0.4) is 0 Å². The van der Waals surface area contributed by atoms with E-state index in [1.807, 2.05) is 22.7 Å². The Hall–Kier alpha value is -3.58. The molecule has 158 valence electrons. The maximum Gasteiger partial charge on any atom is 0.253 e. The standard InChI is InChI=1S/C25H20N4O2S/c1-2-5-19-15-20(8-7-18(19)4-1)21-10-11-26-24-27-25(28-29(21)24)32-16-17-6-9-22-23(14-17)31-13-3-12-30-22/h1-2,4-11,14-15H,3,12-13,16H2. The van der Waals surface area contributed by atoms with Crippen molar-refractivity contribution in [2.75, 3.05) is 13.2 Å². The number of rotatable bonds is 4. The van der Waals surface area contributed by atoms with Crippen molar-refractivity contribution in [1.29, 1.82) is 0 Å². The minimum Gasteiger partial charge on any atom is -0.490 e. The highest BCUT2D eigenvalue weighted by atomic mass is 32.2. The molecule has 0 bridgehead atoms. The third kappa shape index (κ3) is 3.65. The quantitative estimate of drug-likeness (QED) is 0.349. The van der Waals surface area contributed by atoms with Crippen LogP contribution in [-0.2, 0) is 5.75 Å². The number of thioether (sulfide) groups is 1. The van der Waals surface area contributed by atoms with Gasteiger partial charge in [0.05, 0.1) is 18.9 Å². The van der Waals surface area contributed by atoms with E-state index in [-0.39, 0.29) is 0 Å². The van der Waals surface area contributed by atoms with Gasteiger partial charge in [0, 0.05) is 23.9 Å². The molecule has 3 heterocycles. The largest absolute Gasteiger partial charge is 0.490 e. The maximum absolute atomic E-state index is 5.80. The first-order chi connectivity index (χ1) is 15.8. The van der Waals surface area contributed by atoms with Gasteiger partial charge in [-0.05, 0) is 40.6 Å². The first-order valence-electron chi connectivity index (χ1n) is 10.6. The summed E-state index contributed by atoms with van der Waals surface area (Å²) in [5.74, 6) is 2.95. The molecule has 0 amide bonds. The molecule has 0 aliphatic carbocycles. The lowest BCUT2D eigenvalue weighted by atomic mass is 10.1. The molecule has 3 aromatic carbocycles. The van der Waals surface area contributed by atoms with Crippen LogP contribution in [0.25, 0.3) is 27.8 Å². The van der Waals surface area contributed by atoms with E-state index in [4.69, 9.17) is 14.6 Å². The number of fused-ring (bicyclic) bond motifs is 3. The van der Waals surface area contributed by atoms with Gasteiger partial charge in [-0.3, -0.25) is 0 Å². The van der Waals surface area contributed by atoms with Gasteiger partial charge in [0.1, 0.15) is 0 Å². The summed E-state index contributed by atoms with van der Waals surface area (Å²) in [4.78, 5) is 9.04. The summed E-state index contributed by atoms with van der Waals surface area (Å²) < 4.78 is 13.3. The maximum atomic E-state index is 5.80. The molecule has 1 aliphatic rings. The molecular formula is C25H20N4O2S. The normalized spacial score (nSPS) is 13.4. The molecule has 6 nitrogen and oxygen atoms in total. The first kappa shape index (κ1) is 19.1. The summed E-state index contributed by atoms with van der Waals surface area (Å²) in [7, 11) is 0. The van der Waals surface area contributed by atoms with Gasteiger partial charge < -0.3 is 9.47 Å². The predicted octanol–water partition coefficient (Wildman–Crippen LogP) is 5.40. The highest BCUT2D eigenvalue weighted by Gasteiger charge is 2.13. The Morgan fingerprint density at radius 3 is 2.69 bits per heavy atom. The zero-order valence-corrected chi connectivity index (χ0v) is 18.1. The molecule has 0 radical (unpaired) electrons. The van der Waals surface area contributed by atoms with Gasteiger partial charge >= 0.3 is 0 Å². The van der Waals surface area contributed by atoms with Crippen LogP contribution in [-0.4, -0.2) is 32.8 Å². The van der Waals surface area contributed by atoms with Crippen LogP contribution in [0.2, 0.25) is 0 Å². The minimum absolute atomic E-state index is 0.594. The van der Waals surface area contributed by atoms with Crippen molar-refractivity contribution >= 4 is 28.3 Å². The smallest absolute Gasteiger partial charge is 0.253 e. The zero-order valence-electron chi connectivity index (χ0n) is 17.3. The monoisotopic (exact) mass is 440 g/mol. The van der Waals surface area contributed by atoms with Crippen LogP contribution >= 0.6 is 11.8 Å². The molecule has 6 rings (SSSR count). The van der Waals surface area contributed by atoms with E-state index in [1.165, 1.54) is 10.8 Å². The highest BCUT2D eigenvalue weighted by molar-refractivity contribution is 7.98. The van der Waals surface area contributed by atoms with Gasteiger partial charge in [-0.15, -0.1) is 5.10 Å². The molecule has 0 unspecified atom stereocenters. The Kier molecular flexibility index (Phi) is 4.88. The molecule has 0 saturated carbocycles. The molecule has 0 fully saturated rings. The Morgan fingerprint density at radius 1 is 0.875 bits per heavy atom. The first-order valence-corrected chi connectivity index (χ1v) is 11.5. The van der Waals surface area contributed by atoms with E-state index in [2.05, 4.69) is 58.5 Å². The topological polar surface area (TPSA) is 61.5 Å². The fraction of sp³-hybridized carbons (Fsp3) is 0.160. The summed E-state index contributed by atoms with van der Waals surface area (Å²) in [6.45, 7) is 1.37. The van der Waals surface area contributed by atoms with Crippen LogP contribution < -0.4 is 9.47 Å². The van der Waals surface area contributed by atoms with E-state index in [0.29, 0.717) is 24.1 Å². The average Bonchev–Trinajstić information content (AvgIpc) is 3.12. The second kappa shape index (κ2) is 8.16. The van der Waals surface area contributed by atoms with Gasteiger partial charge in [-0.2, -0.15) is 9.50 Å². The van der Waals surface area contributed by atoms with Crippen LogP contribution in [0.1, 0.15) is 12.0 Å². The van der Waals surface area contributed by atoms with Crippen molar-refractivity contribution in [3.63, 3.8) is 0 Å². The lowest BCUT2D eigenvalue weighted by Gasteiger charge is -2.08. The molecule has 0 N–H and O–H groups in total. The molecule has 0 saturated heterocycles. The third-order valence-corrected chi connectivity index (χ3v) is 6.36. The lowest BCUT2D eigenvalue weighted by molar-refractivity contribution is 0.297. The fourth-order valence-electron chi connectivity index (χ4n) is 3.85. The van der Waals surface area contributed by atoms with E-state index in [9.17, 15) is 0 Å². The third-order valence-electron chi connectivity index (χ3n) is 5.45. The van der Waals surface area contributed by atoms with E-state index >= 15 is 0 Å². The van der Waals surface area contributed by atoms with Crippen LogP contribution in [0, 0.1) is 0 Å². The van der Waals surface area contributed by atoms with Gasteiger partial charge in [0.15, 0.2) is 11.5 Å². The Labute approximate surface area is 189 Å². The Bertz CT molecular complexity index is 1430. The number of aromatic nitrogens is 4. The molecule has 1 aliphatic heterocycles. The molecule has 32 heavy (non-hydrogen) atoms. The molecule has 2 aromatic heterocycles. The van der Waals surface area contributed by atoms with E-state index in [0.717, 1.165) is 40.5 Å². The predicted molar refractivity (Wildman–Crippen MR) is 125 cm³/mol. The second-order valence-corrected chi connectivity index (χ2v) is 8.56. The fourth-order valence-corrected chi connectivity index (χ4v) is 4.61. The van der Waals surface area contributed by atoms with Crippen molar-refractivity contribution in [2.24, 2.45) is 0 Å². The van der Waals surface area contributed by atoms with Gasteiger partial charge in [-0.1, -0.05) is 54.2 Å². The van der Waals surface area contributed by atoms with E-state index in [1.54, 1.807) is 18.0 Å². The van der Waals surface area contributed by atoms with Gasteiger partial charge in [0.25, 0.3) is 5.78 Å². The van der Waals surface area contributed by atoms with Crippen LogP contribution in [0.4, 0.5) is 0 Å².